The molecule has 9 aromatic rings. The lowest BCUT2D eigenvalue weighted by molar-refractivity contribution is 0.475. The molecular formula is C44H28O. The van der Waals surface area contributed by atoms with Gasteiger partial charge in [-0.25, -0.2) is 0 Å². The van der Waals surface area contributed by atoms with Crippen molar-refractivity contribution in [1.29, 1.82) is 0 Å². The summed E-state index contributed by atoms with van der Waals surface area (Å²) in [6, 6.07) is 58.5. The zero-order valence-electron chi connectivity index (χ0n) is 24.5. The number of fused-ring (bicyclic) bond motifs is 7. The van der Waals surface area contributed by atoms with E-state index >= 15 is 0 Å². The fourth-order valence-electron chi connectivity index (χ4n) is 7.06. The molecule has 0 spiro atoms. The molecule has 0 saturated heterocycles. The van der Waals surface area contributed by atoms with E-state index in [1.165, 1.54) is 76.1 Å². The Bertz CT molecular complexity index is 2610. The molecule has 0 saturated carbocycles. The molecule has 0 amide bonds. The highest BCUT2D eigenvalue weighted by atomic mass is 16.3. The molecule has 1 heteroatoms. The van der Waals surface area contributed by atoms with Crippen LogP contribution in [0.5, 0.6) is 5.75 Å². The van der Waals surface area contributed by atoms with E-state index in [0.717, 1.165) is 11.1 Å². The number of phenolic OH excluding ortho intramolecular Hbond substituents is 1. The van der Waals surface area contributed by atoms with Crippen LogP contribution >= 0.6 is 0 Å². The topological polar surface area (TPSA) is 20.2 Å². The molecule has 45 heavy (non-hydrogen) atoms. The Hall–Kier alpha value is -5.92. The highest BCUT2D eigenvalue weighted by Gasteiger charge is 2.16. The van der Waals surface area contributed by atoms with Gasteiger partial charge in [0.2, 0.25) is 0 Å². The summed E-state index contributed by atoms with van der Waals surface area (Å²) < 4.78 is 0. The van der Waals surface area contributed by atoms with Gasteiger partial charge in [0.15, 0.2) is 0 Å². The SMILES string of the molecule is Oc1cccc(-c2ccc3c(c2)c(-c2ccc4ccccc4c2)cc2c4ccccc4c(-c4ccc5ccccc5c4)cc32)c1. The van der Waals surface area contributed by atoms with Crippen LogP contribution in [0, 0.1) is 0 Å². The summed E-state index contributed by atoms with van der Waals surface area (Å²) in [5.41, 5.74) is 6.92. The number of aromatic hydroxyl groups is 1. The number of rotatable bonds is 3. The van der Waals surface area contributed by atoms with Crippen LogP contribution in [-0.2, 0) is 0 Å². The number of hydrogen-bond acceptors (Lipinski definition) is 1. The van der Waals surface area contributed by atoms with E-state index in [0.29, 0.717) is 0 Å². The first-order chi connectivity index (χ1) is 22.2. The quantitative estimate of drug-likeness (QED) is 0.209. The molecular weight excluding hydrogens is 544 g/mol. The van der Waals surface area contributed by atoms with Crippen molar-refractivity contribution >= 4 is 53.9 Å². The maximum absolute atomic E-state index is 10.3. The van der Waals surface area contributed by atoms with E-state index in [1.54, 1.807) is 6.07 Å². The Morgan fingerprint density at radius 2 is 0.778 bits per heavy atom. The first-order valence-electron chi connectivity index (χ1n) is 15.4. The van der Waals surface area contributed by atoms with Crippen LogP contribution in [0.2, 0.25) is 0 Å². The van der Waals surface area contributed by atoms with Gasteiger partial charge in [-0.15, -0.1) is 0 Å². The van der Waals surface area contributed by atoms with Gasteiger partial charge in [-0.2, -0.15) is 0 Å². The van der Waals surface area contributed by atoms with Gasteiger partial charge in [-0.3, -0.25) is 0 Å². The van der Waals surface area contributed by atoms with Gasteiger partial charge in [-0.1, -0.05) is 121 Å². The lowest BCUT2D eigenvalue weighted by Crippen LogP contribution is -1.90. The highest BCUT2D eigenvalue weighted by Crippen LogP contribution is 2.43. The maximum atomic E-state index is 10.3. The summed E-state index contributed by atoms with van der Waals surface area (Å²) in [7, 11) is 0. The Morgan fingerprint density at radius 1 is 0.267 bits per heavy atom. The predicted octanol–water partition coefficient (Wildman–Crippen LogP) is 12.2. The van der Waals surface area contributed by atoms with Crippen LogP contribution in [0.25, 0.3) is 87.2 Å². The second kappa shape index (κ2) is 10.1. The number of benzene rings is 9. The average molecular weight is 573 g/mol. The normalized spacial score (nSPS) is 11.6. The summed E-state index contributed by atoms with van der Waals surface area (Å²) >= 11 is 0. The second-order valence-electron chi connectivity index (χ2n) is 11.9. The van der Waals surface area contributed by atoms with Crippen molar-refractivity contribution < 1.29 is 5.11 Å². The molecule has 210 valence electrons. The molecule has 0 fully saturated rings. The van der Waals surface area contributed by atoms with Crippen molar-refractivity contribution in [3.8, 4) is 39.1 Å². The molecule has 0 radical (unpaired) electrons. The van der Waals surface area contributed by atoms with Crippen molar-refractivity contribution in [1.82, 2.24) is 0 Å². The van der Waals surface area contributed by atoms with Crippen LogP contribution in [0.3, 0.4) is 0 Å². The molecule has 1 N–H and O–H groups in total. The van der Waals surface area contributed by atoms with Crippen molar-refractivity contribution in [2.24, 2.45) is 0 Å². The van der Waals surface area contributed by atoms with E-state index in [-0.39, 0.29) is 5.75 Å². The van der Waals surface area contributed by atoms with Gasteiger partial charge in [0.25, 0.3) is 0 Å². The molecule has 9 aromatic carbocycles. The van der Waals surface area contributed by atoms with Crippen molar-refractivity contribution in [2.45, 2.75) is 0 Å². The summed E-state index contributed by atoms with van der Waals surface area (Å²) in [5, 5.41) is 22.6. The first kappa shape index (κ1) is 25.6. The van der Waals surface area contributed by atoms with E-state index in [1.807, 2.05) is 12.1 Å². The average Bonchev–Trinajstić information content (AvgIpc) is 3.10. The maximum Gasteiger partial charge on any atom is 0.116 e. The predicted molar refractivity (Wildman–Crippen MR) is 192 cm³/mol. The fraction of sp³-hybridized carbons (Fsp3) is 0. The highest BCUT2D eigenvalue weighted by molar-refractivity contribution is 6.24. The van der Waals surface area contributed by atoms with Crippen LogP contribution in [-0.4, -0.2) is 5.11 Å². The van der Waals surface area contributed by atoms with Gasteiger partial charge in [-0.05, 0) is 130 Å². The minimum Gasteiger partial charge on any atom is -0.508 e. The van der Waals surface area contributed by atoms with Gasteiger partial charge < -0.3 is 5.11 Å². The minimum absolute atomic E-state index is 0.271. The van der Waals surface area contributed by atoms with E-state index in [9.17, 15) is 5.11 Å². The molecule has 0 heterocycles. The zero-order chi connectivity index (χ0) is 29.9. The standard InChI is InChI=1S/C44H28O/c45-36-13-7-12-32(24-36)33-20-21-39-42(25-33)41(35-19-17-29-9-2-4-11-31(29)23-35)27-43-38-15-6-5-14-37(38)40(26-44(39)43)34-18-16-28-8-1-3-10-30(28)22-34/h1-27,45H. The minimum atomic E-state index is 0.271. The third kappa shape index (κ3) is 4.24. The zero-order valence-corrected chi connectivity index (χ0v) is 24.5. The van der Waals surface area contributed by atoms with E-state index in [4.69, 9.17) is 0 Å². The monoisotopic (exact) mass is 572 g/mol. The number of hydrogen-bond donors (Lipinski definition) is 1. The molecule has 0 aliphatic carbocycles. The van der Waals surface area contributed by atoms with Crippen molar-refractivity contribution in [2.75, 3.05) is 0 Å². The molecule has 0 aromatic heterocycles. The molecule has 1 nitrogen and oxygen atoms in total. The molecule has 0 bridgehead atoms. The summed E-state index contributed by atoms with van der Waals surface area (Å²) in [6.07, 6.45) is 0. The Kier molecular flexibility index (Phi) is 5.73. The molecule has 0 aliphatic rings. The second-order valence-corrected chi connectivity index (χ2v) is 11.9. The Morgan fingerprint density at radius 3 is 1.42 bits per heavy atom. The van der Waals surface area contributed by atoms with Crippen LogP contribution < -0.4 is 0 Å². The molecule has 9 rings (SSSR count). The number of phenols is 1. The lowest BCUT2D eigenvalue weighted by Gasteiger charge is -2.17. The van der Waals surface area contributed by atoms with E-state index in [2.05, 4.69) is 146 Å². The Labute approximate surface area is 261 Å². The van der Waals surface area contributed by atoms with Crippen LogP contribution in [0.4, 0.5) is 0 Å². The van der Waals surface area contributed by atoms with Crippen molar-refractivity contribution in [3.63, 3.8) is 0 Å². The summed E-state index contributed by atoms with van der Waals surface area (Å²) in [6.45, 7) is 0. The third-order valence-corrected chi connectivity index (χ3v) is 9.28. The smallest absolute Gasteiger partial charge is 0.116 e. The van der Waals surface area contributed by atoms with Gasteiger partial charge in [0.1, 0.15) is 5.75 Å². The van der Waals surface area contributed by atoms with Gasteiger partial charge >= 0.3 is 0 Å². The third-order valence-electron chi connectivity index (χ3n) is 9.28. The van der Waals surface area contributed by atoms with Crippen LogP contribution in [0.15, 0.2) is 164 Å². The summed E-state index contributed by atoms with van der Waals surface area (Å²) in [4.78, 5) is 0. The summed E-state index contributed by atoms with van der Waals surface area (Å²) in [5.74, 6) is 0.271. The van der Waals surface area contributed by atoms with Gasteiger partial charge in [0.05, 0.1) is 0 Å². The Balaban J connectivity index is 1.39. The van der Waals surface area contributed by atoms with E-state index < -0.39 is 0 Å². The van der Waals surface area contributed by atoms with Crippen molar-refractivity contribution in [3.05, 3.63) is 164 Å². The van der Waals surface area contributed by atoms with Crippen LogP contribution in [0.1, 0.15) is 0 Å². The molecule has 0 unspecified atom stereocenters. The first-order valence-corrected chi connectivity index (χ1v) is 15.4. The molecule has 0 aliphatic heterocycles. The lowest BCUT2D eigenvalue weighted by atomic mass is 9.86. The van der Waals surface area contributed by atoms with Gasteiger partial charge in [0, 0.05) is 0 Å². The molecule has 0 atom stereocenters. The fourth-order valence-corrected chi connectivity index (χ4v) is 7.06. The largest absolute Gasteiger partial charge is 0.508 e.